The molecule has 392 valence electrons. The average Bonchev–Trinajstić information content (AvgIpc) is 4.10. The van der Waals surface area contributed by atoms with Crippen LogP contribution in [-0.4, -0.2) is 108 Å². The molecule has 9 rings (SSSR count). The van der Waals surface area contributed by atoms with Gasteiger partial charge >= 0.3 is 0 Å². The monoisotopic (exact) mass is 1020 g/mol. The molecule has 73 heavy (non-hydrogen) atoms. The molecule has 4 aliphatic rings. The zero-order chi connectivity index (χ0) is 50.8. The second-order valence-corrected chi connectivity index (χ2v) is 26.1. The summed E-state index contributed by atoms with van der Waals surface area (Å²) in [5.41, 5.74) is 5.06. The topological polar surface area (TPSA) is 120 Å². The Morgan fingerprint density at radius 3 is 1.34 bits per heavy atom. The lowest BCUT2D eigenvalue weighted by Gasteiger charge is -2.37. The summed E-state index contributed by atoms with van der Waals surface area (Å²) in [6, 6.07) is 50.3. The highest BCUT2D eigenvalue weighted by molar-refractivity contribution is 6.74. The lowest BCUT2D eigenvalue weighted by Crippen LogP contribution is -2.47. The van der Waals surface area contributed by atoms with Gasteiger partial charge in [-0.05, 0) is 59.8 Å². The molecule has 0 radical (unpaired) electrons. The molecule has 5 aromatic carbocycles. The summed E-state index contributed by atoms with van der Waals surface area (Å²) in [6.07, 6.45) is -8.29. The van der Waals surface area contributed by atoms with Crippen molar-refractivity contribution in [3.05, 3.63) is 179 Å². The Bertz CT molecular complexity index is 2390. The Kier molecular flexibility index (Phi) is 18.1. The Balaban J connectivity index is 1.03. The number of hydrogen-bond acceptors (Lipinski definition) is 13. The molecule has 12 atom stereocenters. The fourth-order valence-electron chi connectivity index (χ4n) is 9.29. The van der Waals surface area contributed by atoms with E-state index in [0.29, 0.717) is 19.8 Å². The minimum atomic E-state index is -2.25. The zero-order valence-corrected chi connectivity index (χ0v) is 44.3. The molecule has 0 aliphatic carbocycles. The smallest absolute Gasteiger partial charge is 0.192 e. The highest BCUT2D eigenvalue weighted by Crippen LogP contribution is 2.42. The highest BCUT2D eigenvalue weighted by Gasteiger charge is 2.58. The number of rotatable bonds is 24. The third-order valence-electron chi connectivity index (χ3n) is 14.3. The van der Waals surface area contributed by atoms with Crippen molar-refractivity contribution in [1.29, 1.82) is 0 Å². The van der Waals surface area contributed by atoms with Gasteiger partial charge in [0.1, 0.15) is 54.9 Å². The van der Waals surface area contributed by atoms with Crippen LogP contribution in [0.4, 0.5) is 0 Å². The molecule has 0 amide bonds. The second kappa shape index (κ2) is 24.6. The third kappa shape index (κ3) is 14.2. The average molecular weight is 1020 g/mol. The van der Waals surface area contributed by atoms with E-state index in [1.54, 1.807) is 0 Å². The van der Waals surface area contributed by atoms with Gasteiger partial charge in [0.05, 0.1) is 52.9 Å². The Morgan fingerprint density at radius 2 is 0.849 bits per heavy atom. The summed E-state index contributed by atoms with van der Waals surface area (Å²) in [5, 5.41) is -0.0422. The second-order valence-electron chi connectivity index (χ2n) is 21.3. The van der Waals surface area contributed by atoms with E-state index < -0.39 is 87.9 Å². The van der Waals surface area contributed by atoms with Crippen LogP contribution < -0.4 is 0 Å². The van der Waals surface area contributed by atoms with Gasteiger partial charge < -0.3 is 61.3 Å². The molecule has 0 N–H and O–H groups in total. The van der Waals surface area contributed by atoms with Crippen LogP contribution >= 0.6 is 0 Å². The summed E-state index contributed by atoms with van der Waals surface area (Å²) < 4.78 is 88.1. The van der Waals surface area contributed by atoms with E-state index >= 15 is 0 Å². The van der Waals surface area contributed by atoms with Gasteiger partial charge in [0, 0.05) is 0 Å². The predicted octanol–water partition coefficient (Wildman–Crippen LogP) is 10.3. The molecule has 0 bridgehead atoms. The van der Waals surface area contributed by atoms with Crippen LogP contribution in [0.3, 0.4) is 0 Å². The molecule has 0 unspecified atom stereocenters. The standard InChI is InChI=1S/C59H74O13Si/c1-58(2,3)73(6,7)66-40-48-49(61-34-42-25-15-9-16-26-42)52(64-37-45-31-21-12-22-32-45)56(68-48)70-53-50(62-35-43-27-17-10-18-28-43)46(38-60-33-41-23-13-8-14-24-41)67-55(53)65-39-47-51(63-36-44-29-19-11-20-30-44)54-57(69-47)72-59(4,5)71-54/h8-32,46-57H,33-40H2,1-7H3/t46-,47-,48-,49-,50-,51-,52+,53+,54+,55+,56-,57+/m1/s1. The maximum Gasteiger partial charge on any atom is 0.192 e. The van der Waals surface area contributed by atoms with Crippen molar-refractivity contribution in [1.82, 2.24) is 0 Å². The molecule has 13 nitrogen and oxygen atoms in total. The molecular formula is C59H74O13Si. The largest absolute Gasteiger partial charge is 0.414 e. The van der Waals surface area contributed by atoms with Gasteiger partial charge in [-0.1, -0.05) is 172 Å². The number of benzene rings is 5. The lowest BCUT2D eigenvalue weighted by atomic mass is 10.1. The third-order valence-corrected chi connectivity index (χ3v) is 18.8. The summed E-state index contributed by atoms with van der Waals surface area (Å²) >= 11 is 0. The van der Waals surface area contributed by atoms with Crippen LogP contribution in [-0.2, 0) is 94.3 Å². The summed E-state index contributed by atoms with van der Waals surface area (Å²) in [7, 11) is -2.25. The van der Waals surface area contributed by atoms with Crippen molar-refractivity contribution in [3.63, 3.8) is 0 Å². The lowest BCUT2D eigenvalue weighted by molar-refractivity contribution is -0.266. The van der Waals surface area contributed by atoms with Crippen molar-refractivity contribution in [2.45, 2.75) is 165 Å². The molecule has 5 aromatic rings. The van der Waals surface area contributed by atoms with Gasteiger partial charge in [0.2, 0.25) is 0 Å². The van der Waals surface area contributed by atoms with Crippen LogP contribution in [0.25, 0.3) is 0 Å². The van der Waals surface area contributed by atoms with E-state index in [1.807, 2.05) is 153 Å². The van der Waals surface area contributed by atoms with Crippen LogP contribution in [0.1, 0.15) is 62.4 Å². The number of hydrogen-bond donors (Lipinski definition) is 0. The van der Waals surface area contributed by atoms with Gasteiger partial charge in [-0.3, -0.25) is 0 Å². The first kappa shape index (κ1) is 53.6. The maximum absolute atomic E-state index is 7.32. The van der Waals surface area contributed by atoms with Crippen molar-refractivity contribution in [2.24, 2.45) is 0 Å². The molecule has 0 spiro atoms. The maximum atomic E-state index is 7.32. The van der Waals surface area contributed by atoms with Crippen LogP contribution in [0.2, 0.25) is 18.1 Å². The fraction of sp³-hybridized carbons (Fsp3) is 0.492. The van der Waals surface area contributed by atoms with Gasteiger partial charge in [-0.15, -0.1) is 0 Å². The molecule has 0 saturated carbocycles. The quantitative estimate of drug-likeness (QED) is 0.0546. The van der Waals surface area contributed by atoms with Crippen LogP contribution in [0.5, 0.6) is 0 Å². The van der Waals surface area contributed by atoms with Gasteiger partial charge in [-0.25, -0.2) is 0 Å². The Hall–Kier alpha value is -4.20. The van der Waals surface area contributed by atoms with E-state index in [-0.39, 0.29) is 38.1 Å². The molecule has 14 heteroatoms. The molecule has 0 aromatic heterocycles. The first-order chi connectivity index (χ1) is 35.3. The molecule has 4 fully saturated rings. The summed E-state index contributed by atoms with van der Waals surface area (Å²) in [6.45, 7) is 17.0. The van der Waals surface area contributed by atoms with Crippen molar-refractivity contribution < 1.29 is 61.3 Å². The van der Waals surface area contributed by atoms with Gasteiger partial charge in [-0.2, -0.15) is 0 Å². The van der Waals surface area contributed by atoms with Crippen molar-refractivity contribution in [2.75, 3.05) is 19.8 Å². The number of ether oxygens (including phenoxy) is 12. The first-order valence-corrected chi connectivity index (χ1v) is 28.7. The molecule has 4 heterocycles. The predicted molar refractivity (Wildman–Crippen MR) is 276 cm³/mol. The normalized spacial score (nSPS) is 28.9. The van der Waals surface area contributed by atoms with Gasteiger partial charge in [0.25, 0.3) is 0 Å². The van der Waals surface area contributed by atoms with Crippen molar-refractivity contribution >= 4 is 8.32 Å². The van der Waals surface area contributed by atoms with E-state index in [2.05, 4.69) is 46.0 Å². The van der Waals surface area contributed by atoms with E-state index in [0.717, 1.165) is 27.8 Å². The summed E-state index contributed by atoms with van der Waals surface area (Å²) in [5.74, 6) is -0.851. The number of fused-ring (bicyclic) bond motifs is 1. The van der Waals surface area contributed by atoms with E-state index in [9.17, 15) is 0 Å². The SMILES string of the molecule is CC1(C)O[C@@H]2O[C@H](CO[C@H]3O[C@H](COCc4ccccc4)[C@@H](OCc4ccccc4)[C@@H]3O[C@H]3O[C@H](CO[Si](C)(C)C(C)(C)C)[C@@H](OCc4ccccc4)[C@@H]3OCc3ccccc3)[C@@H](OCc3ccccc3)[C@@H]2O1. The minimum Gasteiger partial charge on any atom is -0.414 e. The van der Waals surface area contributed by atoms with Crippen molar-refractivity contribution in [3.8, 4) is 0 Å². The van der Waals surface area contributed by atoms with E-state index in [4.69, 9.17) is 61.3 Å². The molecular weight excluding hydrogens is 945 g/mol. The van der Waals surface area contributed by atoms with Gasteiger partial charge in [0.15, 0.2) is 33.0 Å². The first-order valence-electron chi connectivity index (χ1n) is 25.8. The van der Waals surface area contributed by atoms with Crippen LogP contribution in [0, 0.1) is 0 Å². The zero-order valence-electron chi connectivity index (χ0n) is 43.3. The Labute approximate surface area is 432 Å². The Morgan fingerprint density at radius 1 is 0.438 bits per heavy atom. The van der Waals surface area contributed by atoms with Crippen LogP contribution in [0.15, 0.2) is 152 Å². The fourth-order valence-corrected chi connectivity index (χ4v) is 10.3. The summed E-state index contributed by atoms with van der Waals surface area (Å²) in [4.78, 5) is 0. The molecule has 4 saturated heterocycles. The molecule has 4 aliphatic heterocycles. The highest BCUT2D eigenvalue weighted by atomic mass is 28.4. The minimum absolute atomic E-state index is 0.0422. The van der Waals surface area contributed by atoms with E-state index in [1.165, 1.54) is 0 Å².